The number of unbranched alkanes of at least 4 members (excludes halogenated alkanes) is 1. The summed E-state index contributed by atoms with van der Waals surface area (Å²) < 4.78 is 6.65. The molecular weight excluding hydrogens is 422 g/mol. The van der Waals surface area contributed by atoms with Gasteiger partial charge in [0.05, 0.1) is 28.8 Å². The predicted octanol–water partition coefficient (Wildman–Crippen LogP) is 4.17. The topological polar surface area (TPSA) is 90.3 Å². The lowest BCUT2D eigenvalue weighted by Gasteiger charge is -2.12. The zero-order valence-electron chi connectivity index (χ0n) is 16.8. The Balaban J connectivity index is 1.77. The molecule has 0 atom stereocenters. The fourth-order valence-corrected chi connectivity index (χ4v) is 4.46. The summed E-state index contributed by atoms with van der Waals surface area (Å²) in [6.45, 7) is 4.60. The Morgan fingerprint density at radius 3 is 2.80 bits per heavy atom. The molecule has 0 unspecified atom stereocenters. The minimum Gasteiger partial charge on any atom is -0.462 e. The Kier molecular flexibility index (Phi) is 7.64. The number of nitrogens with zero attached hydrogens (tertiary/aromatic N) is 2. The molecule has 0 aliphatic heterocycles. The summed E-state index contributed by atoms with van der Waals surface area (Å²) in [5.41, 5.74) is 0.852. The average Bonchev–Trinajstić information content (AvgIpc) is 3.20. The number of anilines is 1. The average molecular weight is 446 g/mol. The lowest BCUT2D eigenvalue weighted by atomic mass is 10.2. The van der Waals surface area contributed by atoms with E-state index in [9.17, 15) is 14.4 Å². The number of nitrogens with one attached hydrogen (secondary N) is 1. The number of esters is 1. The maximum absolute atomic E-state index is 12.9. The molecule has 0 saturated carbocycles. The Morgan fingerprint density at radius 2 is 2.03 bits per heavy atom. The van der Waals surface area contributed by atoms with Gasteiger partial charge in [-0.2, -0.15) is 0 Å². The minimum atomic E-state index is -0.466. The van der Waals surface area contributed by atoms with Gasteiger partial charge < -0.3 is 10.1 Å². The van der Waals surface area contributed by atoms with Gasteiger partial charge in [-0.05, 0) is 36.9 Å². The van der Waals surface area contributed by atoms with Gasteiger partial charge in [-0.15, -0.1) is 11.3 Å². The van der Waals surface area contributed by atoms with E-state index >= 15 is 0 Å². The molecule has 7 nitrogen and oxygen atoms in total. The fraction of sp³-hybridized carbons (Fsp3) is 0.333. The van der Waals surface area contributed by atoms with E-state index in [4.69, 9.17) is 4.74 Å². The van der Waals surface area contributed by atoms with E-state index in [1.54, 1.807) is 35.1 Å². The quantitative estimate of drug-likeness (QED) is 0.302. The highest BCUT2D eigenvalue weighted by Crippen LogP contribution is 2.25. The molecule has 1 amide bonds. The zero-order valence-corrected chi connectivity index (χ0v) is 18.5. The number of hydrogen-bond donors (Lipinski definition) is 1. The smallest absolute Gasteiger partial charge is 0.341 e. The molecule has 0 aliphatic rings. The van der Waals surface area contributed by atoms with Crippen molar-refractivity contribution in [3.8, 4) is 0 Å². The van der Waals surface area contributed by atoms with Crippen LogP contribution in [0.1, 0.15) is 37.0 Å². The SMILES string of the molecule is CCCCn1c(SCC(=O)Nc2sccc2C(=O)OCC)nc2ccccc2c1=O. The molecule has 1 aromatic carbocycles. The third-order valence-electron chi connectivity index (χ3n) is 4.31. The Labute approximate surface area is 182 Å². The highest BCUT2D eigenvalue weighted by atomic mass is 32.2. The van der Waals surface area contributed by atoms with E-state index in [0.717, 1.165) is 12.8 Å². The molecular formula is C21H23N3O4S2. The molecule has 3 rings (SSSR count). The van der Waals surface area contributed by atoms with E-state index in [0.29, 0.717) is 33.2 Å². The van der Waals surface area contributed by atoms with Crippen molar-refractivity contribution in [2.24, 2.45) is 0 Å². The van der Waals surface area contributed by atoms with Crippen LogP contribution in [0, 0.1) is 0 Å². The van der Waals surface area contributed by atoms with Gasteiger partial charge in [0.25, 0.3) is 5.56 Å². The van der Waals surface area contributed by atoms with Gasteiger partial charge in [0.2, 0.25) is 5.91 Å². The van der Waals surface area contributed by atoms with Gasteiger partial charge in [-0.1, -0.05) is 37.2 Å². The Morgan fingerprint density at radius 1 is 1.23 bits per heavy atom. The molecule has 0 aliphatic carbocycles. The van der Waals surface area contributed by atoms with Crippen molar-refractivity contribution >= 4 is 50.9 Å². The van der Waals surface area contributed by atoms with Crippen molar-refractivity contribution < 1.29 is 14.3 Å². The molecule has 30 heavy (non-hydrogen) atoms. The maximum Gasteiger partial charge on any atom is 0.341 e. The molecule has 0 fully saturated rings. The first-order valence-electron chi connectivity index (χ1n) is 9.72. The van der Waals surface area contributed by atoms with Crippen molar-refractivity contribution in [1.29, 1.82) is 0 Å². The second-order valence-corrected chi connectivity index (χ2v) is 8.30. The second-order valence-electron chi connectivity index (χ2n) is 6.44. The van der Waals surface area contributed by atoms with Gasteiger partial charge in [-0.3, -0.25) is 14.2 Å². The van der Waals surface area contributed by atoms with Crippen molar-refractivity contribution in [2.45, 2.75) is 38.4 Å². The third kappa shape index (κ3) is 5.09. The van der Waals surface area contributed by atoms with Crippen LogP contribution in [0.15, 0.2) is 45.7 Å². The van der Waals surface area contributed by atoms with E-state index in [1.807, 2.05) is 12.1 Å². The highest BCUT2D eigenvalue weighted by Gasteiger charge is 2.17. The van der Waals surface area contributed by atoms with Crippen LogP contribution >= 0.6 is 23.1 Å². The number of ether oxygens (including phenoxy) is 1. The standard InChI is InChI=1S/C21H23N3O4S2/c1-3-5-11-24-19(26)14-8-6-7-9-16(14)22-21(24)30-13-17(25)23-18-15(10-12-29-18)20(27)28-4-2/h6-10,12H,3-5,11,13H2,1-2H3,(H,23,25). The molecule has 3 aromatic rings. The Hall–Kier alpha value is -2.65. The molecule has 1 N–H and O–H groups in total. The van der Waals surface area contributed by atoms with E-state index in [-0.39, 0.29) is 23.8 Å². The number of rotatable bonds is 9. The minimum absolute atomic E-state index is 0.0665. The van der Waals surface area contributed by atoms with Crippen LogP contribution in [-0.4, -0.2) is 33.8 Å². The van der Waals surface area contributed by atoms with Crippen LogP contribution in [0.3, 0.4) is 0 Å². The summed E-state index contributed by atoms with van der Waals surface area (Å²) >= 11 is 2.47. The summed E-state index contributed by atoms with van der Waals surface area (Å²) in [4.78, 5) is 42.0. The van der Waals surface area contributed by atoms with Gasteiger partial charge in [0.1, 0.15) is 5.00 Å². The number of carbonyl (C=O) groups excluding carboxylic acids is 2. The summed E-state index contributed by atoms with van der Waals surface area (Å²) in [6.07, 6.45) is 1.79. The fourth-order valence-electron chi connectivity index (χ4n) is 2.84. The lowest BCUT2D eigenvalue weighted by Crippen LogP contribution is -2.24. The van der Waals surface area contributed by atoms with Crippen LogP contribution in [0.2, 0.25) is 0 Å². The van der Waals surface area contributed by atoms with Gasteiger partial charge in [-0.25, -0.2) is 9.78 Å². The van der Waals surface area contributed by atoms with Crippen molar-refractivity contribution in [3.05, 3.63) is 51.6 Å². The van der Waals surface area contributed by atoms with Crippen LogP contribution in [0.25, 0.3) is 10.9 Å². The zero-order chi connectivity index (χ0) is 21.5. The van der Waals surface area contributed by atoms with Crippen molar-refractivity contribution in [3.63, 3.8) is 0 Å². The monoisotopic (exact) mass is 445 g/mol. The number of thiophene rings is 1. The number of fused-ring (bicyclic) bond motifs is 1. The molecule has 9 heteroatoms. The van der Waals surface area contributed by atoms with Crippen LogP contribution in [0.4, 0.5) is 5.00 Å². The number of para-hydroxylation sites is 1. The third-order valence-corrected chi connectivity index (χ3v) is 6.11. The van der Waals surface area contributed by atoms with Gasteiger partial charge in [0.15, 0.2) is 5.16 Å². The van der Waals surface area contributed by atoms with E-state index < -0.39 is 5.97 Å². The summed E-state index contributed by atoms with van der Waals surface area (Å²) in [7, 11) is 0. The van der Waals surface area contributed by atoms with E-state index in [2.05, 4.69) is 17.2 Å². The first-order chi connectivity index (χ1) is 14.5. The first-order valence-corrected chi connectivity index (χ1v) is 11.6. The maximum atomic E-state index is 12.9. The summed E-state index contributed by atoms with van der Waals surface area (Å²) in [5, 5.41) is 6.02. The number of hydrogen-bond acceptors (Lipinski definition) is 7. The molecule has 0 spiro atoms. The first kappa shape index (κ1) is 22.0. The van der Waals surface area contributed by atoms with E-state index in [1.165, 1.54) is 23.1 Å². The molecule has 2 aromatic heterocycles. The highest BCUT2D eigenvalue weighted by molar-refractivity contribution is 7.99. The largest absolute Gasteiger partial charge is 0.462 e. The number of carbonyl (C=O) groups is 2. The summed E-state index contributed by atoms with van der Waals surface area (Å²) in [6, 6.07) is 8.83. The molecule has 0 radical (unpaired) electrons. The second kappa shape index (κ2) is 10.4. The van der Waals surface area contributed by atoms with Gasteiger partial charge >= 0.3 is 5.97 Å². The molecule has 0 bridgehead atoms. The number of amides is 1. The number of aromatic nitrogens is 2. The molecule has 2 heterocycles. The molecule has 0 saturated heterocycles. The summed E-state index contributed by atoms with van der Waals surface area (Å²) in [5.74, 6) is -0.680. The van der Waals surface area contributed by atoms with Crippen LogP contribution in [0.5, 0.6) is 0 Å². The predicted molar refractivity (Wildman–Crippen MR) is 121 cm³/mol. The lowest BCUT2D eigenvalue weighted by molar-refractivity contribution is -0.113. The van der Waals surface area contributed by atoms with Crippen molar-refractivity contribution in [1.82, 2.24) is 9.55 Å². The normalized spacial score (nSPS) is 10.9. The van der Waals surface area contributed by atoms with Crippen molar-refractivity contribution in [2.75, 3.05) is 17.7 Å². The Bertz CT molecular complexity index is 1110. The molecule has 158 valence electrons. The number of benzene rings is 1. The van der Waals surface area contributed by atoms with Crippen LogP contribution < -0.4 is 10.9 Å². The number of thioether (sulfide) groups is 1. The van der Waals surface area contributed by atoms with Gasteiger partial charge in [0, 0.05) is 6.54 Å². The van der Waals surface area contributed by atoms with Crippen LogP contribution in [-0.2, 0) is 16.1 Å².